The van der Waals surface area contributed by atoms with Gasteiger partial charge >= 0.3 is 0 Å². The summed E-state index contributed by atoms with van der Waals surface area (Å²) >= 11 is 3.43. The third-order valence-electron chi connectivity index (χ3n) is 2.23. The van der Waals surface area contributed by atoms with Gasteiger partial charge in [-0.1, -0.05) is 0 Å². The third kappa shape index (κ3) is 2.57. The molecule has 0 aliphatic rings. The zero-order chi connectivity index (χ0) is 11.6. The molecule has 0 aliphatic heterocycles. The van der Waals surface area contributed by atoms with Crippen LogP contribution in [0.25, 0.3) is 0 Å². The minimum absolute atomic E-state index is 0.407. The highest BCUT2D eigenvalue weighted by Crippen LogP contribution is 2.21. The Morgan fingerprint density at radius 2 is 2.27 bits per heavy atom. The van der Waals surface area contributed by atoms with E-state index in [9.17, 15) is 4.79 Å². The van der Waals surface area contributed by atoms with E-state index in [1.807, 2.05) is 18.5 Å². The molecule has 1 aromatic rings. The van der Waals surface area contributed by atoms with E-state index >= 15 is 0 Å². The van der Waals surface area contributed by atoms with E-state index in [1.165, 1.54) is 0 Å². The van der Waals surface area contributed by atoms with Crippen LogP contribution < -0.4 is 11.5 Å². The van der Waals surface area contributed by atoms with E-state index in [2.05, 4.69) is 21.0 Å². The lowest BCUT2D eigenvalue weighted by atomic mass is 10.1. The highest BCUT2D eigenvalue weighted by atomic mass is 79.9. The minimum Gasteiger partial charge on any atom is -0.368 e. The number of carbonyl (C=O) groups excluding carboxylic acids is 1. The summed E-state index contributed by atoms with van der Waals surface area (Å²) in [5.41, 5.74) is 12.5. The highest BCUT2D eigenvalue weighted by molar-refractivity contribution is 9.10. The van der Waals surface area contributed by atoms with Crippen molar-refractivity contribution in [2.45, 2.75) is 32.9 Å². The number of aryl methyl sites for hydroxylation is 2. The number of hydrogen-bond donors (Lipinski definition) is 2. The van der Waals surface area contributed by atoms with Gasteiger partial charge in [-0.05, 0) is 29.8 Å². The fourth-order valence-electron chi connectivity index (χ4n) is 1.37. The molecule has 1 unspecified atom stereocenters. The maximum Gasteiger partial charge on any atom is 0.234 e. The number of amides is 1. The van der Waals surface area contributed by atoms with Gasteiger partial charge in [-0.3, -0.25) is 9.48 Å². The van der Waals surface area contributed by atoms with Crippen LogP contribution in [0.2, 0.25) is 0 Å². The predicted molar refractivity (Wildman–Crippen MR) is 61.2 cm³/mol. The first-order valence-corrected chi connectivity index (χ1v) is 5.53. The number of halogens is 1. The van der Waals surface area contributed by atoms with E-state index in [0.29, 0.717) is 6.42 Å². The van der Waals surface area contributed by atoms with Crippen molar-refractivity contribution in [3.63, 3.8) is 0 Å². The fourth-order valence-corrected chi connectivity index (χ4v) is 1.82. The summed E-state index contributed by atoms with van der Waals surface area (Å²) in [5, 5.41) is 4.30. The second-order valence-electron chi connectivity index (χ2n) is 3.37. The summed E-state index contributed by atoms with van der Waals surface area (Å²) in [5.74, 6) is -0.497. The van der Waals surface area contributed by atoms with Gasteiger partial charge in [0.25, 0.3) is 0 Å². The average molecular weight is 275 g/mol. The molecular weight excluding hydrogens is 260 g/mol. The van der Waals surface area contributed by atoms with Crippen LogP contribution in [-0.4, -0.2) is 21.7 Å². The van der Waals surface area contributed by atoms with E-state index < -0.39 is 11.9 Å². The van der Waals surface area contributed by atoms with Gasteiger partial charge in [0.2, 0.25) is 5.91 Å². The van der Waals surface area contributed by atoms with Crippen molar-refractivity contribution in [3.8, 4) is 0 Å². The van der Waals surface area contributed by atoms with Gasteiger partial charge in [-0.25, -0.2) is 0 Å². The molecule has 1 heterocycles. The van der Waals surface area contributed by atoms with Gasteiger partial charge in [0.05, 0.1) is 21.9 Å². The maximum atomic E-state index is 10.9. The molecule has 1 aromatic heterocycles. The number of nitrogens with two attached hydrogens (primary N) is 2. The number of nitrogens with zero attached hydrogens (tertiary/aromatic N) is 2. The predicted octanol–water partition coefficient (Wildman–Crippen LogP) is 0.329. The molecule has 0 aliphatic carbocycles. The molecular formula is C9H15BrN4O. The Hall–Kier alpha value is -0.880. The fraction of sp³-hybridized carbons (Fsp3) is 0.556. The van der Waals surface area contributed by atoms with Crippen molar-refractivity contribution in [2.24, 2.45) is 11.5 Å². The zero-order valence-corrected chi connectivity index (χ0v) is 10.4. The van der Waals surface area contributed by atoms with Crippen LogP contribution in [0, 0.1) is 6.92 Å². The van der Waals surface area contributed by atoms with E-state index in [-0.39, 0.29) is 0 Å². The molecule has 6 heteroatoms. The third-order valence-corrected chi connectivity index (χ3v) is 3.26. The van der Waals surface area contributed by atoms with Gasteiger partial charge in [-0.2, -0.15) is 5.10 Å². The van der Waals surface area contributed by atoms with Crippen molar-refractivity contribution in [1.29, 1.82) is 0 Å². The van der Waals surface area contributed by atoms with Gasteiger partial charge in [-0.15, -0.1) is 0 Å². The first-order chi connectivity index (χ1) is 6.97. The van der Waals surface area contributed by atoms with Crippen molar-refractivity contribution >= 4 is 21.8 Å². The van der Waals surface area contributed by atoms with Gasteiger partial charge in [0, 0.05) is 13.0 Å². The standard InChI is InChI=1S/C9H15BrN4O/c1-3-14-7(4-6(11)9(12)15)8(10)5(2)13-14/h6H,3-4,11H2,1-2H3,(H2,12,15). The molecule has 0 saturated heterocycles. The molecule has 0 spiro atoms. The Labute approximate surface area is 96.9 Å². The molecule has 0 bridgehead atoms. The molecule has 84 valence electrons. The Kier molecular flexibility index (Phi) is 3.87. The molecule has 0 saturated carbocycles. The summed E-state index contributed by atoms with van der Waals surface area (Å²) in [6.45, 7) is 4.63. The van der Waals surface area contributed by atoms with Crippen LogP contribution in [0.4, 0.5) is 0 Å². The molecule has 4 N–H and O–H groups in total. The molecule has 1 amide bonds. The van der Waals surface area contributed by atoms with Crippen molar-refractivity contribution in [2.75, 3.05) is 0 Å². The van der Waals surface area contributed by atoms with Crippen LogP contribution in [0.5, 0.6) is 0 Å². The largest absolute Gasteiger partial charge is 0.368 e. The second-order valence-corrected chi connectivity index (χ2v) is 4.17. The van der Waals surface area contributed by atoms with Gasteiger partial charge in [0.15, 0.2) is 0 Å². The number of carbonyl (C=O) groups is 1. The summed E-state index contributed by atoms with van der Waals surface area (Å²) in [4.78, 5) is 10.9. The molecule has 1 atom stereocenters. The smallest absolute Gasteiger partial charge is 0.234 e. The highest BCUT2D eigenvalue weighted by Gasteiger charge is 2.17. The lowest BCUT2D eigenvalue weighted by molar-refractivity contribution is -0.119. The van der Waals surface area contributed by atoms with Crippen molar-refractivity contribution in [1.82, 2.24) is 9.78 Å². The van der Waals surface area contributed by atoms with Crippen molar-refractivity contribution in [3.05, 3.63) is 15.9 Å². The van der Waals surface area contributed by atoms with Crippen LogP contribution in [-0.2, 0) is 17.8 Å². The number of rotatable bonds is 4. The van der Waals surface area contributed by atoms with Crippen LogP contribution in [0.1, 0.15) is 18.3 Å². The Morgan fingerprint density at radius 3 is 2.73 bits per heavy atom. The molecule has 15 heavy (non-hydrogen) atoms. The van der Waals surface area contributed by atoms with E-state index in [0.717, 1.165) is 22.4 Å². The summed E-state index contributed by atoms with van der Waals surface area (Å²) in [7, 11) is 0. The average Bonchev–Trinajstić information content (AvgIpc) is 2.45. The Morgan fingerprint density at radius 1 is 1.67 bits per heavy atom. The molecule has 0 aromatic carbocycles. The minimum atomic E-state index is -0.664. The number of hydrogen-bond acceptors (Lipinski definition) is 3. The molecule has 0 fully saturated rings. The number of primary amides is 1. The molecule has 0 radical (unpaired) electrons. The van der Waals surface area contributed by atoms with Crippen molar-refractivity contribution < 1.29 is 4.79 Å². The van der Waals surface area contributed by atoms with Crippen LogP contribution in [0.3, 0.4) is 0 Å². The van der Waals surface area contributed by atoms with Gasteiger partial charge in [0.1, 0.15) is 0 Å². The quantitative estimate of drug-likeness (QED) is 0.830. The monoisotopic (exact) mass is 274 g/mol. The van der Waals surface area contributed by atoms with E-state index in [4.69, 9.17) is 11.5 Å². The lowest BCUT2D eigenvalue weighted by Crippen LogP contribution is -2.38. The van der Waals surface area contributed by atoms with E-state index in [1.54, 1.807) is 0 Å². The number of aromatic nitrogens is 2. The summed E-state index contributed by atoms with van der Waals surface area (Å²) in [6.07, 6.45) is 0.407. The Balaban J connectivity index is 2.97. The van der Waals surface area contributed by atoms with Crippen LogP contribution >= 0.6 is 15.9 Å². The normalized spacial score (nSPS) is 12.8. The zero-order valence-electron chi connectivity index (χ0n) is 8.83. The lowest BCUT2D eigenvalue weighted by Gasteiger charge is -2.09. The molecule has 1 rings (SSSR count). The molecule has 5 nitrogen and oxygen atoms in total. The topological polar surface area (TPSA) is 86.9 Å². The summed E-state index contributed by atoms with van der Waals surface area (Å²) in [6, 6.07) is -0.664. The first kappa shape index (κ1) is 12.2. The maximum absolute atomic E-state index is 10.9. The Bertz CT molecular complexity index is 374. The summed E-state index contributed by atoms with van der Waals surface area (Å²) < 4.78 is 2.73. The first-order valence-electron chi connectivity index (χ1n) is 4.74. The van der Waals surface area contributed by atoms with Gasteiger partial charge < -0.3 is 11.5 Å². The SMILES string of the molecule is CCn1nc(C)c(Br)c1CC(N)C(N)=O. The second kappa shape index (κ2) is 4.76. The van der Waals surface area contributed by atoms with Crippen LogP contribution in [0.15, 0.2) is 4.47 Å².